The molecule has 156 valence electrons. The third-order valence-corrected chi connectivity index (χ3v) is 6.81. The molecule has 9 heteroatoms. The van der Waals surface area contributed by atoms with Gasteiger partial charge in [-0.3, -0.25) is 0 Å². The predicted octanol–water partition coefficient (Wildman–Crippen LogP) is 2.84. The lowest BCUT2D eigenvalue weighted by Crippen LogP contribution is -2.54. The number of carboxylic acids is 1. The Morgan fingerprint density at radius 1 is 1.21 bits per heavy atom. The number of sulfonamides is 1. The number of rotatable bonds is 7. The molecular formula is C20H23ClN2O5S. The van der Waals surface area contributed by atoms with E-state index < -0.39 is 22.6 Å². The Labute approximate surface area is 175 Å². The van der Waals surface area contributed by atoms with Gasteiger partial charge in [0.05, 0.1) is 11.4 Å². The largest absolute Gasteiger partial charge is 0.480 e. The molecular weight excluding hydrogens is 416 g/mol. The number of nitrogens with zero attached hydrogens (tertiary/aromatic N) is 2. The van der Waals surface area contributed by atoms with E-state index in [0.717, 1.165) is 5.56 Å². The topological polar surface area (TPSA) is 87.2 Å². The maximum absolute atomic E-state index is 12.8. The summed E-state index contributed by atoms with van der Waals surface area (Å²) in [5, 5.41) is 9.38. The molecule has 0 spiro atoms. The van der Waals surface area contributed by atoms with Crippen molar-refractivity contribution < 1.29 is 23.1 Å². The molecule has 1 aliphatic rings. The molecule has 1 heterocycles. The minimum absolute atomic E-state index is 0.0370. The monoisotopic (exact) mass is 438 g/mol. The van der Waals surface area contributed by atoms with Crippen LogP contribution in [-0.2, 0) is 20.6 Å². The van der Waals surface area contributed by atoms with Gasteiger partial charge in [-0.1, -0.05) is 41.9 Å². The Kier molecular flexibility index (Phi) is 6.66. The summed E-state index contributed by atoms with van der Waals surface area (Å²) >= 11 is 6.13. The van der Waals surface area contributed by atoms with Crippen molar-refractivity contribution >= 4 is 33.3 Å². The Hall–Kier alpha value is -2.29. The van der Waals surface area contributed by atoms with E-state index in [0.29, 0.717) is 36.1 Å². The molecule has 0 radical (unpaired) electrons. The van der Waals surface area contributed by atoms with Crippen LogP contribution in [0.3, 0.4) is 0 Å². The maximum atomic E-state index is 12.8. The van der Waals surface area contributed by atoms with Gasteiger partial charge in [0.1, 0.15) is 5.75 Å². The van der Waals surface area contributed by atoms with E-state index in [1.54, 1.807) is 30.3 Å². The van der Waals surface area contributed by atoms with Crippen LogP contribution in [0.4, 0.5) is 5.69 Å². The van der Waals surface area contributed by atoms with Crippen LogP contribution >= 0.6 is 11.6 Å². The first-order valence-corrected chi connectivity index (χ1v) is 11.2. The molecule has 3 rings (SSSR count). The summed E-state index contributed by atoms with van der Waals surface area (Å²) in [5.41, 5.74) is 1.41. The second kappa shape index (κ2) is 9.02. The molecule has 0 aliphatic carbocycles. The second-order valence-corrected chi connectivity index (χ2v) is 9.34. The number of piperazine rings is 1. The van der Waals surface area contributed by atoms with Gasteiger partial charge in [-0.2, -0.15) is 4.31 Å². The normalized spacial score (nSPS) is 17.9. The zero-order chi connectivity index (χ0) is 21.0. The van der Waals surface area contributed by atoms with E-state index in [2.05, 4.69) is 0 Å². The fourth-order valence-corrected chi connectivity index (χ4v) is 5.15. The molecule has 2 aromatic rings. The molecule has 29 heavy (non-hydrogen) atoms. The van der Waals surface area contributed by atoms with Crippen LogP contribution in [-0.4, -0.2) is 56.1 Å². The highest BCUT2D eigenvalue weighted by Crippen LogP contribution is 2.34. The molecule has 0 saturated carbocycles. The van der Waals surface area contributed by atoms with E-state index in [1.165, 1.54) is 4.31 Å². The Morgan fingerprint density at radius 3 is 2.59 bits per heavy atom. The molecule has 0 aromatic heterocycles. The molecule has 1 atom stereocenters. The lowest BCUT2D eigenvalue weighted by Gasteiger charge is -2.41. The van der Waals surface area contributed by atoms with Gasteiger partial charge in [0, 0.05) is 30.7 Å². The van der Waals surface area contributed by atoms with Gasteiger partial charge in [-0.15, -0.1) is 0 Å². The Bertz CT molecular complexity index is 968. The first-order chi connectivity index (χ1) is 13.8. The van der Waals surface area contributed by atoms with Gasteiger partial charge in [-0.25, -0.2) is 13.2 Å². The smallest absolute Gasteiger partial charge is 0.341 e. The van der Waals surface area contributed by atoms with E-state index in [-0.39, 0.29) is 11.8 Å². The SMILES string of the molecule is CC1CN(S(=O)(=O)Cc2ccccc2)CCN1c1cc(Cl)ccc1OCC(=O)O. The maximum Gasteiger partial charge on any atom is 0.341 e. The minimum atomic E-state index is -3.44. The average Bonchev–Trinajstić information content (AvgIpc) is 2.67. The van der Waals surface area contributed by atoms with Crippen molar-refractivity contribution in [3.8, 4) is 5.75 Å². The number of anilines is 1. The van der Waals surface area contributed by atoms with Crippen molar-refractivity contribution in [1.82, 2.24) is 4.31 Å². The average molecular weight is 439 g/mol. The lowest BCUT2D eigenvalue weighted by atomic mass is 10.1. The molecule has 1 unspecified atom stereocenters. The fourth-order valence-electron chi connectivity index (χ4n) is 3.39. The highest BCUT2D eigenvalue weighted by atomic mass is 35.5. The molecule has 1 fully saturated rings. The molecule has 1 N–H and O–H groups in total. The second-order valence-electron chi connectivity index (χ2n) is 6.94. The van der Waals surface area contributed by atoms with Crippen molar-refractivity contribution in [1.29, 1.82) is 0 Å². The number of ether oxygens (including phenoxy) is 1. The number of aliphatic carboxylic acids is 1. The van der Waals surface area contributed by atoms with Crippen molar-refractivity contribution in [3.05, 3.63) is 59.1 Å². The van der Waals surface area contributed by atoms with Crippen LogP contribution < -0.4 is 9.64 Å². The van der Waals surface area contributed by atoms with Gasteiger partial charge in [-0.05, 0) is 30.7 Å². The molecule has 2 aromatic carbocycles. The highest BCUT2D eigenvalue weighted by Gasteiger charge is 2.32. The van der Waals surface area contributed by atoms with Gasteiger partial charge < -0.3 is 14.7 Å². The van der Waals surface area contributed by atoms with Crippen molar-refractivity contribution in [3.63, 3.8) is 0 Å². The third-order valence-electron chi connectivity index (χ3n) is 4.76. The van der Waals surface area contributed by atoms with E-state index >= 15 is 0 Å². The zero-order valence-corrected chi connectivity index (χ0v) is 17.6. The standard InChI is InChI=1S/C20H23ClN2O5S/c1-15-12-22(29(26,27)14-16-5-3-2-4-6-16)9-10-23(15)18-11-17(21)7-8-19(18)28-13-20(24)25/h2-8,11,15H,9-10,12-14H2,1H3,(H,24,25). The van der Waals surface area contributed by atoms with E-state index in [1.807, 2.05) is 30.0 Å². The van der Waals surface area contributed by atoms with Gasteiger partial charge in [0.2, 0.25) is 10.0 Å². The number of hydrogen-bond donors (Lipinski definition) is 1. The quantitative estimate of drug-likeness (QED) is 0.715. The van der Waals surface area contributed by atoms with Crippen LogP contribution in [0.1, 0.15) is 12.5 Å². The van der Waals surface area contributed by atoms with Crippen molar-refractivity contribution in [2.45, 2.75) is 18.7 Å². The van der Waals surface area contributed by atoms with Gasteiger partial charge in [0.15, 0.2) is 6.61 Å². The Balaban J connectivity index is 1.75. The van der Waals surface area contributed by atoms with Gasteiger partial charge >= 0.3 is 5.97 Å². The molecule has 0 bridgehead atoms. The first kappa shape index (κ1) is 21.4. The number of hydrogen-bond acceptors (Lipinski definition) is 5. The van der Waals surface area contributed by atoms with E-state index in [4.69, 9.17) is 21.4 Å². The summed E-state index contributed by atoms with van der Waals surface area (Å²) in [6, 6.07) is 13.9. The van der Waals surface area contributed by atoms with Crippen molar-refractivity contribution in [2.75, 3.05) is 31.1 Å². The Morgan fingerprint density at radius 2 is 1.93 bits per heavy atom. The summed E-state index contributed by atoms with van der Waals surface area (Å²) < 4.78 is 32.6. The van der Waals surface area contributed by atoms with Crippen LogP contribution in [0.15, 0.2) is 48.5 Å². The van der Waals surface area contributed by atoms with Crippen LogP contribution in [0.5, 0.6) is 5.75 Å². The first-order valence-electron chi connectivity index (χ1n) is 9.19. The van der Waals surface area contributed by atoms with Gasteiger partial charge in [0.25, 0.3) is 0 Å². The summed E-state index contributed by atoms with van der Waals surface area (Å²) in [7, 11) is -3.44. The molecule has 7 nitrogen and oxygen atoms in total. The van der Waals surface area contributed by atoms with Crippen molar-refractivity contribution in [2.24, 2.45) is 0 Å². The summed E-state index contributed by atoms with van der Waals surface area (Å²) in [6.45, 7) is 2.55. The number of benzene rings is 2. The summed E-state index contributed by atoms with van der Waals surface area (Å²) in [5.74, 6) is -0.704. The zero-order valence-electron chi connectivity index (χ0n) is 16.0. The highest BCUT2D eigenvalue weighted by molar-refractivity contribution is 7.88. The number of halogens is 1. The number of carboxylic acid groups (broad SMARTS) is 1. The van der Waals surface area contributed by atoms with Crippen LogP contribution in [0, 0.1) is 0 Å². The lowest BCUT2D eigenvalue weighted by molar-refractivity contribution is -0.139. The predicted molar refractivity (Wildman–Crippen MR) is 112 cm³/mol. The molecule has 1 saturated heterocycles. The summed E-state index contributed by atoms with van der Waals surface area (Å²) in [4.78, 5) is 12.9. The minimum Gasteiger partial charge on any atom is -0.480 e. The third kappa shape index (κ3) is 5.41. The van der Waals surface area contributed by atoms with Crippen LogP contribution in [0.2, 0.25) is 5.02 Å². The number of carbonyl (C=O) groups is 1. The van der Waals surface area contributed by atoms with Crippen LogP contribution in [0.25, 0.3) is 0 Å². The molecule has 1 aliphatic heterocycles. The molecule has 0 amide bonds. The van der Waals surface area contributed by atoms with E-state index in [9.17, 15) is 13.2 Å². The fraction of sp³-hybridized carbons (Fsp3) is 0.350. The summed E-state index contributed by atoms with van der Waals surface area (Å²) in [6.07, 6.45) is 0.